The Kier molecular flexibility index (Phi) is 5.38. The van der Waals surface area contributed by atoms with E-state index in [0.29, 0.717) is 24.7 Å². The molecule has 0 bridgehead atoms. The van der Waals surface area contributed by atoms with Crippen molar-refractivity contribution in [2.24, 2.45) is 23.2 Å². The SMILES string of the molecule is CC12C=CCC1[C@@]1(O)CCC3CCC(O)CC3CC1(O)CC2.CNC. The third-order valence-corrected chi connectivity index (χ3v) is 7.73. The molecule has 4 nitrogen and oxygen atoms in total. The molecular formula is C21H37NO3. The molecule has 4 aliphatic carbocycles. The van der Waals surface area contributed by atoms with E-state index in [0.717, 1.165) is 44.9 Å². The highest BCUT2D eigenvalue weighted by atomic mass is 16.4. The van der Waals surface area contributed by atoms with E-state index in [9.17, 15) is 15.3 Å². The zero-order valence-electron chi connectivity index (χ0n) is 16.2. The second kappa shape index (κ2) is 6.95. The zero-order chi connectivity index (χ0) is 18.3. The molecule has 25 heavy (non-hydrogen) atoms. The van der Waals surface area contributed by atoms with Gasteiger partial charge in [-0.2, -0.15) is 0 Å². The average molecular weight is 352 g/mol. The molecular weight excluding hydrogens is 314 g/mol. The van der Waals surface area contributed by atoms with Gasteiger partial charge in [-0.25, -0.2) is 0 Å². The Morgan fingerprint density at radius 2 is 1.72 bits per heavy atom. The van der Waals surface area contributed by atoms with Crippen LogP contribution in [0, 0.1) is 23.2 Å². The lowest BCUT2D eigenvalue weighted by atomic mass is 9.54. The monoisotopic (exact) mass is 351 g/mol. The fourth-order valence-electron chi connectivity index (χ4n) is 6.33. The van der Waals surface area contributed by atoms with Crippen molar-refractivity contribution in [3.8, 4) is 0 Å². The summed E-state index contributed by atoms with van der Waals surface area (Å²) in [5.41, 5.74) is -1.86. The highest BCUT2D eigenvalue weighted by molar-refractivity contribution is 5.23. The zero-order valence-corrected chi connectivity index (χ0v) is 16.2. The topological polar surface area (TPSA) is 72.7 Å². The number of hydrogen-bond donors (Lipinski definition) is 4. The molecule has 4 aliphatic rings. The van der Waals surface area contributed by atoms with Crippen LogP contribution in [-0.2, 0) is 0 Å². The molecule has 0 amide bonds. The highest BCUT2D eigenvalue weighted by Gasteiger charge is 2.64. The van der Waals surface area contributed by atoms with E-state index in [2.05, 4.69) is 24.4 Å². The normalized spacial score (nSPS) is 51.4. The van der Waals surface area contributed by atoms with Crippen LogP contribution in [0.15, 0.2) is 12.2 Å². The first kappa shape index (κ1) is 19.3. The molecule has 4 heteroatoms. The molecule has 0 spiro atoms. The Labute approximate surface area is 152 Å². The minimum atomic E-state index is -0.959. The molecule has 0 saturated heterocycles. The molecule has 7 atom stereocenters. The number of fused-ring (bicyclic) bond motifs is 4. The summed E-state index contributed by atoms with van der Waals surface area (Å²) in [7, 11) is 3.75. The Bertz CT molecular complexity index is 509. The lowest BCUT2D eigenvalue weighted by Crippen LogP contribution is -2.64. The van der Waals surface area contributed by atoms with E-state index in [-0.39, 0.29) is 17.4 Å². The molecule has 4 rings (SSSR count). The van der Waals surface area contributed by atoms with Gasteiger partial charge in [0.25, 0.3) is 0 Å². The van der Waals surface area contributed by atoms with Crippen molar-refractivity contribution in [2.45, 2.75) is 82.0 Å². The van der Waals surface area contributed by atoms with Crippen molar-refractivity contribution in [1.29, 1.82) is 0 Å². The van der Waals surface area contributed by atoms with Crippen LogP contribution in [0.25, 0.3) is 0 Å². The summed E-state index contributed by atoms with van der Waals surface area (Å²) in [5, 5.41) is 35.9. The maximum absolute atomic E-state index is 11.6. The van der Waals surface area contributed by atoms with Crippen molar-refractivity contribution in [1.82, 2.24) is 5.32 Å². The Hall–Kier alpha value is -0.420. The fraction of sp³-hybridized carbons (Fsp3) is 0.905. The number of allylic oxidation sites excluding steroid dienone is 2. The second-order valence-electron chi connectivity index (χ2n) is 9.38. The smallest absolute Gasteiger partial charge is 0.0972 e. The number of nitrogens with one attached hydrogen (secondary N) is 1. The van der Waals surface area contributed by atoms with Gasteiger partial charge in [0, 0.05) is 5.92 Å². The van der Waals surface area contributed by atoms with Crippen LogP contribution < -0.4 is 5.32 Å². The van der Waals surface area contributed by atoms with Crippen LogP contribution in [-0.4, -0.2) is 46.7 Å². The van der Waals surface area contributed by atoms with Crippen molar-refractivity contribution < 1.29 is 15.3 Å². The van der Waals surface area contributed by atoms with Gasteiger partial charge in [-0.1, -0.05) is 19.1 Å². The summed E-state index contributed by atoms with van der Waals surface area (Å²) >= 11 is 0. The summed E-state index contributed by atoms with van der Waals surface area (Å²) < 4.78 is 0. The van der Waals surface area contributed by atoms with Crippen molar-refractivity contribution in [3.05, 3.63) is 12.2 Å². The van der Waals surface area contributed by atoms with Crippen LogP contribution in [0.2, 0.25) is 0 Å². The molecule has 3 saturated carbocycles. The third kappa shape index (κ3) is 3.20. The molecule has 6 unspecified atom stereocenters. The van der Waals surface area contributed by atoms with Crippen LogP contribution >= 0.6 is 0 Å². The third-order valence-electron chi connectivity index (χ3n) is 7.73. The van der Waals surface area contributed by atoms with Crippen molar-refractivity contribution in [3.63, 3.8) is 0 Å². The van der Waals surface area contributed by atoms with Crippen LogP contribution in [0.4, 0.5) is 0 Å². The lowest BCUT2D eigenvalue weighted by molar-refractivity contribution is -0.230. The first-order valence-electron chi connectivity index (χ1n) is 10.2. The molecule has 4 N–H and O–H groups in total. The van der Waals surface area contributed by atoms with Gasteiger partial charge in [0.1, 0.15) is 0 Å². The van der Waals surface area contributed by atoms with Gasteiger partial charge in [0.2, 0.25) is 0 Å². The molecule has 3 fully saturated rings. The van der Waals surface area contributed by atoms with Gasteiger partial charge in [-0.05, 0) is 89.1 Å². The Balaban J connectivity index is 0.000000569. The summed E-state index contributed by atoms with van der Waals surface area (Å²) in [6.07, 6.45) is 12.0. The number of rotatable bonds is 0. The van der Waals surface area contributed by atoms with E-state index < -0.39 is 11.2 Å². The van der Waals surface area contributed by atoms with Crippen LogP contribution in [0.1, 0.15) is 64.7 Å². The average Bonchev–Trinajstić information content (AvgIpc) is 2.90. The van der Waals surface area contributed by atoms with Gasteiger partial charge in [0.05, 0.1) is 17.3 Å². The van der Waals surface area contributed by atoms with E-state index in [1.54, 1.807) is 0 Å². The predicted molar refractivity (Wildman–Crippen MR) is 100 cm³/mol. The van der Waals surface area contributed by atoms with Gasteiger partial charge in [-0.3, -0.25) is 0 Å². The molecule has 0 aromatic heterocycles. The van der Waals surface area contributed by atoms with Crippen molar-refractivity contribution in [2.75, 3.05) is 14.1 Å². The second-order valence-corrected chi connectivity index (χ2v) is 9.38. The minimum absolute atomic E-state index is 0.0516. The summed E-state index contributed by atoms with van der Waals surface area (Å²) in [6.45, 7) is 2.25. The molecule has 0 aromatic rings. The van der Waals surface area contributed by atoms with Gasteiger partial charge in [-0.15, -0.1) is 0 Å². The molecule has 0 aliphatic heterocycles. The van der Waals surface area contributed by atoms with E-state index in [1.807, 2.05) is 14.1 Å². The summed E-state index contributed by atoms with van der Waals surface area (Å²) in [6, 6.07) is 0. The van der Waals surface area contributed by atoms with E-state index >= 15 is 0 Å². The largest absolute Gasteiger partial charge is 0.393 e. The molecule has 0 heterocycles. The summed E-state index contributed by atoms with van der Waals surface area (Å²) in [5.74, 6) is 1.10. The van der Waals surface area contributed by atoms with E-state index in [1.165, 1.54) is 0 Å². The van der Waals surface area contributed by atoms with E-state index in [4.69, 9.17) is 0 Å². The maximum atomic E-state index is 11.6. The molecule has 0 radical (unpaired) electrons. The molecule has 0 aromatic carbocycles. The van der Waals surface area contributed by atoms with Crippen LogP contribution in [0.3, 0.4) is 0 Å². The minimum Gasteiger partial charge on any atom is -0.393 e. The summed E-state index contributed by atoms with van der Waals surface area (Å²) in [4.78, 5) is 0. The molecule has 144 valence electrons. The van der Waals surface area contributed by atoms with Crippen molar-refractivity contribution >= 4 is 0 Å². The van der Waals surface area contributed by atoms with Gasteiger partial charge < -0.3 is 20.6 Å². The van der Waals surface area contributed by atoms with Gasteiger partial charge in [0.15, 0.2) is 0 Å². The quantitative estimate of drug-likeness (QED) is 0.506. The maximum Gasteiger partial charge on any atom is 0.0972 e. The first-order valence-corrected chi connectivity index (χ1v) is 10.2. The number of aliphatic hydroxyl groups is 3. The highest BCUT2D eigenvalue weighted by Crippen LogP contribution is 2.61. The first-order chi connectivity index (χ1) is 11.8. The Morgan fingerprint density at radius 3 is 2.44 bits per heavy atom. The fourth-order valence-corrected chi connectivity index (χ4v) is 6.33. The number of aliphatic hydroxyl groups excluding tert-OH is 1. The predicted octanol–water partition coefficient (Wildman–Crippen LogP) is 2.62. The van der Waals surface area contributed by atoms with Crippen LogP contribution in [0.5, 0.6) is 0 Å². The van der Waals surface area contributed by atoms with Gasteiger partial charge >= 0.3 is 0 Å². The Morgan fingerprint density at radius 1 is 1.00 bits per heavy atom. The standard InChI is InChI=1S/C19H30O3.C2H7N/c1-17-7-2-3-16(17)19(22)8-6-13-4-5-15(20)11-14(13)12-18(19,21)10-9-17;1-3-2/h2,7,13-16,20-22H,3-6,8-12H2,1H3;3H,1-2H3/t13?,14?,15?,16?,17?,18?,19-;/m0./s1. The lowest BCUT2D eigenvalue weighted by Gasteiger charge is -2.56. The number of hydrogen-bond acceptors (Lipinski definition) is 4.